The number of hydrogen-bond donors (Lipinski definition) is 0. The summed E-state index contributed by atoms with van der Waals surface area (Å²) in [6.45, 7) is 4.60. The van der Waals surface area contributed by atoms with Crippen LogP contribution in [0.25, 0.3) is 83.6 Å². The quantitative estimate of drug-likeness (QED) is 0.182. The Morgan fingerprint density at radius 2 is 1.17 bits per heavy atom. The molecule has 0 saturated heterocycles. The van der Waals surface area contributed by atoms with E-state index in [9.17, 15) is 0 Å². The lowest BCUT2D eigenvalue weighted by Gasteiger charge is -2.28. The van der Waals surface area contributed by atoms with Crippen molar-refractivity contribution in [1.82, 2.24) is 19.5 Å². The van der Waals surface area contributed by atoms with Crippen molar-refractivity contribution < 1.29 is 0 Å². The fourth-order valence-electron chi connectivity index (χ4n) is 10.8. The molecule has 248 valence electrons. The van der Waals surface area contributed by atoms with Crippen molar-refractivity contribution >= 4 is 33.4 Å². The molecule has 0 atom stereocenters. The highest BCUT2D eigenvalue weighted by Crippen LogP contribution is 2.63. The maximum absolute atomic E-state index is 6.93. The summed E-state index contributed by atoms with van der Waals surface area (Å²) >= 11 is 6.93. The van der Waals surface area contributed by atoms with E-state index in [1.165, 1.54) is 96.0 Å². The summed E-state index contributed by atoms with van der Waals surface area (Å²) in [6.07, 6.45) is 4.80. The van der Waals surface area contributed by atoms with Crippen molar-refractivity contribution in [2.24, 2.45) is 0 Å². The van der Waals surface area contributed by atoms with Gasteiger partial charge in [-0.3, -0.25) is 0 Å². The molecule has 5 heteroatoms. The van der Waals surface area contributed by atoms with E-state index in [1.54, 1.807) is 0 Å². The number of rotatable bonds is 2. The highest BCUT2D eigenvalue weighted by atomic mass is 35.5. The Bertz CT molecular complexity index is 2910. The lowest BCUT2D eigenvalue weighted by molar-refractivity contribution is 0.550. The van der Waals surface area contributed by atoms with E-state index in [0.29, 0.717) is 11.6 Å². The van der Waals surface area contributed by atoms with Crippen LogP contribution in [0.4, 0.5) is 0 Å². The van der Waals surface area contributed by atoms with E-state index in [1.807, 2.05) is 0 Å². The lowest BCUT2D eigenvalue weighted by Crippen LogP contribution is -2.20. The van der Waals surface area contributed by atoms with Crippen molar-refractivity contribution in [2.45, 2.75) is 50.4 Å². The molecule has 0 N–H and O–H groups in total. The minimum absolute atomic E-state index is 0.00635. The molecular weight excluding hydrogens is 656 g/mol. The summed E-state index contributed by atoms with van der Waals surface area (Å²) in [7, 11) is 0. The van der Waals surface area contributed by atoms with Crippen LogP contribution in [0, 0.1) is 0 Å². The third-order valence-corrected chi connectivity index (χ3v) is 13.1. The van der Waals surface area contributed by atoms with Crippen LogP contribution in [0.3, 0.4) is 0 Å². The van der Waals surface area contributed by atoms with Crippen LogP contribution >= 0.6 is 11.6 Å². The van der Waals surface area contributed by atoms with Gasteiger partial charge in [0.05, 0.1) is 16.7 Å². The molecule has 52 heavy (non-hydrogen) atoms. The summed E-state index contributed by atoms with van der Waals surface area (Å²) in [5, 5.41) is 2.79. The number of fused-ring (bicyclic) bond motifs is 11. The molecule has 8 aromatic rings. The zero-order valence-corrected chi connectivity index (χ0v) is 29.7. The maximum atomic E-state index is 6.93. The number of nitrogens with zero attached hydrogens (tertiary/aromatic N) is 4. The average molecular weight is 689 g/mol. The van der Waals surface area contributed by atoms with Gasteiger partial charge in [-0.05, 0) is 75.5 Å². The molecule has 0 unspecified atom stereocenters. The van der Waals surface area contributed by atoms with E-state index in [4.69, 9.17) is 26.6 Å². The molecule has 12 rings (SSSR count). The first kappa shape index (κ1) is 29.0. The van der Waals surface area contributed by atoms with Crippen molar-refractivity contribution in [2.75, 3.05) is 0 Å². The third-order valence-electron chi connectivity index (χ3n) is 12.9. The molecular formula is C47H33ClN4. The summed E-state index contributed by atoms with van der Waals surface area (Å²) < 4.78 is 2.53. The van der Waals surface area contributed by atoms with Crippen LogP contribution in [0.1, 0.15) is 61.8 Å². The average Bonchev–Trinajstić information content (AvgIpc) is 3.90. The van der Waals surface area contributed by atoms with E-state index >= 15 is 0 Å². The highest BCUT2D eigenvalue weighted by molar-refractivity contribution is 6.28. The van der Waals surface area contributed by atoms with Gasteiger partial charge in [0.15, 0.2) is 11.6 Å². The molecule has 0 bridgehead atoms. The van der Waals surface area contributed by atoms with Crippen LogP contribution in [0.15, 0.2) is 115 Å². The first-order chi connectivity index (χ1) is 25.5. The van der Waals surface area contributed by atoms with Crippen LogP contribution in [0.2, 0.25) is 5.28 Å². The third kappa shape index (κ3) is 3.42. The molecule has 0 amide bonds. The van der Waals surface area contributed by atoms with Crippen molar-refractivity contribution in [3.8, 4) is 61.8 Å². The van der Waals surface area contributed by atoms with Gasteiger partial charge in [-0.1, -0.05) is 130 Å². The minimum Gasteiger partial charge on any atom is -0.308 e. The molecule has 1 aliphatic heterocycles. The van der Waals surface area contributed by atoms with Gasteiger partial charge in [-0.15, -0.1) is 0 Å². The molecule has 4 aliphatic rings. The largest absolute Gasteiger partial charge is 0.308 e. The van der Waals surface area contributed by atoms with Crippen LogP contribution < -0.4 is 0 Å². The molecule has 6 aromatic carbocycles. The lowest BCUT2D eigenvalue weighted by atomic mass is 9.76. The highest BCUT2D eigenvalue weighted by Gasteiger charge is 2.48. The van der Waals surface area contributed by atoms with Gasteiger partial charge in [0.2, 0.25) is 5.28 Å². The Hall–Kier alpha value is -5.58. The number of halogens is 1. The molecule has 3 aliphatic carbocycles. The van der Waals surface area contributed by atoms with Crippen molar-refractivity contribution in [1.29, 1.82) is 0 Å². The smallest absolute Gasteiger partial charge is 0.226 e. The number of benzene rings is 6. The Balaban J connectivity index is 1.18. The zero-order valence-electron chi connectivity index (χ0n) is 29.0. The van der Waals surface area contributed by atoms with Gasteiger partial charge >= 0.3 is 0 Å². The predicted molar refractivity (Wildman–Crippen MR) is 211 cm³/mol. The first-order valence-corrected chi connectivity index (χ1v) is 18.8. The van der Waals surface area contributed by atoms with Gasteiger partial charge in [0.25, 0.3) is 0 Å². The van der Waals surface area contributed by atoms with E-state index in [0.717, 1.165) is 24.0 Å². The molecule has 3 heterocycles. The summed E-state index contributed by atoms with van der Waals surface area (Å²) in [4.78, 5) is 15.1. The van der Waals surface area contributed by atoms with Crippen molar-refractivity contribution in [3.63, 3.8) is 0 Å². The number of para-hydroxylation sites is 2. The number of aromatic nitrogens is 4. The zero-order chi connectivity index (χ0) is 34.5. The molecule has 1 spiro atoms. The second-order valence-electron chi connectivity index (χ2n) is 15.6. The minimum atomic E-state index is -0.136. The SMILES string of the molecule is CC1(C)c2ccccc2-c2c(-c3nc(Cl)nc(-c4ccc5c6c4-c4ccccc4-n4c7ccccc7c7ccc(c-6c74)C54CCCC4)n3)cccc21. The van der Waals surface area contributed by atoms with Crippen LogP contribution in [-0.4, -0.2) is 19.5 Å². The Morgan fingerprint density at radius 3 is 2.02 bits per heavy atom. The fourth-order valence-corrected chi connectivity index (χ4v) is 10.9. The van der Waals surface area contributed by atoms with E-state index in [-0.39, 0.29) is 16.1 Å². The normalized spacial score (nSPS) is 16.4. The molecule has 4 nitrogen and oxygen atoms in total. The van der Waals surface area contributed by atoms with Gasteiger partial charge in [0, 0.05) is 49.4 Å². The summed E-state index contributed by atoms with van der Waals surface area (Å²) in [5.74, 6) is 1.20. The van der Waals surface area contributed by atoms with Gasteiger partial charge in [0.1, 0.15) is 0 Å². The topological polar surface area (TPSA) is 43.6 Å². The fraction of sp³-hybridized carbons (Fsp3) is 0.170. The van der Waals surface area contributed by atoms with Crippen LogP contribution in [0.5, 0.6) is 0 Å². The van der Waals surface area contributed by atoms with E-state index < -0.39 is 0 Å². The number of hydrogen-bond acceptors (Lipinski definition) is 3. The summed E-state index contributed by atoms with van der Waals surface area (Å²) in [5.41, 5.74) is 18.5. The molecule has 1 saturated carbocycles. The predicted octanol–water partition coefficient (Wildman–Crippen LogP) is 12.1. The standard InChI is InChI=1S/C47H33ClN4/c1-46(2)32-16-6-3-13-28(32)38-30(15-11-17-33(38)46)43-49-44(51-45(48)50-43)31-21-23-34-40-39(31)29-14-5-8-19-37(29)52-36-18-7-4-12-26(36)27-20-22-35(41(40)42(27)52)47(34)24-9-10-25-47/h3-8,11-23H,9-10,24-25H2,1-2H3. The second kappa shape index (κ2) is 9.84. The van der Waals surface area contributed by atoms with Gasteiger partial charge < -0.3 is 4.57 Å². The van der Waals surface area contributed by atoms with Crippen LogP contribution in [-0.2, 0) is 10.8 Å². The molecule has 2 aromatic heterocycles. The monoisotopic (exact) mass is 688 g/mol. The molecule has 1 fully saturated rings. The Morgan fingerprint density at radius 1 is 0.519 bits per heavy atom. The maximum Gasteiger partial charge on any atom is 0.226 e. The second-order valence-corrected chi connectivity index (χ2v) is 15.9. The Kier molecular flexibility index (Phi) is 5.50. The van der Waals surface area contributed by atoms with Gasteiger partial charge in [-0.2, -0.15) is 9.97 Å². The van der Waals surface area contributed by atoms with Gasteiger partial charge in [-0.25, -0.2) is 4.98 Å². The van der Waals surface area contributed by atoms with E-state index in [2.05, 4.69) is 134 Å². The summed E-state index contributed by atoms with van der Waals surface area (Å²) in [6, 6.07) is 42.5. The Labute approximate surface area is 306 Å². The van der Waals surface area contributed by atoms with Crippen molar-refractivity contribution in [3.05, 3.63) is 143 Å². The molecule has 0 radical (unpaired) electrons. The first-order valence-electron chi connectivity index (χ1n) is 18.5.